The van der Waals surface area contributed by atoms with Gasteiger partial charge < -0.3 is 25.4 Å². The standard InChI is InChI=1S/C28H41N3O5/c1-5-10-18(4)30-26(34)24-28-14-13-21(36-28)22(25(33)29-15-19-11-8-7-9-12-19)23(28)27(35)31(24)20(16-32)17(3)6-2/h7-9,11-12,17-18,20-24,32H,5-6,10,13-16H2,1-4H3,(H,29,33)(H,30,34)/t17-,18?,20-,21-,22+,23-,24?,28?/m0/s1. The molecule has 4 rings (SSSR count). The van der Waals surface area contributed by atoms with Crippen LogP contribution in [-0.4, -0.2) is 64.2 Å². The molecule has 1 aromatic carbocycles. The van der Waals surface area contributed by atoms with Gasteiger partial charge in [0.2, 0.25) is 17.7 Å². The van der Waals surface area contributed by atoms with Crippen molar-refractivity contribution in [2.45, 2.75) is 96.2 Å². The van der Waals surface area contributed by atoms with Gasteiger partial charge in [0.15, 0.2) is 0 Å². The summed E-state index contributed by atoms with van der Waals surface area (Å²) in [6.07, 6.45) is 3.28. The van der Waals surface area contributed by atoms with Crippen LogP contribution in [-0.2, 0) is 25.7 Å². The quantitative estimate of drug-likeness (QED) is 0.433. The Labute approximate surface area is 214 Å². The fourth-order valence-corrected chi connectivity index (χ4v) is 6.59. The maximum atomic E-state index is 14.1. The summed E-state index contributed by atoms with van der Waals surface area (Å²) in [5, 5.41) is 16.4. The zero-order valence-electron chi connectivity index (χ0n) is 21.9. The number of ether oxygens (including phenoxy) is 1. The number of nitrogens with one attached hydrogen (secondary N) is 2. The van der Waals surface area contributed by atoms with E-state index in [1.165, 1.54) is 0 Å². The lowest BCUT2D eigenvalue weighted by Gasteiger charge is -2.39. The van der Waals surface area contributed by atoms with Crippen molar-refractivity contribution >= 4 is 17.7 Å². The maximum Gasteiger partial charge on any atom is 0.246 e. The minimum atomic E-state index is -1.05. The lowest BCUT2D eigenvalue weighted by Crippen LogP contribution is -2.60. The molecule has 1 spiro atoms. The van der Waals surface area contributed by atoms with Gasteiger partial charge in [0.25, 0.3) is 0 Å². The van der Waals surface area contributed by atoms with Gasteiger partial charge >= 0.3 is 0 Å². The highest BCUT2D eigenvalue weighted by molar-refractivity contribution is 5.99. The van der Waals surface area contributed by atoms with E-state index in [2.05, 4.69) is 17.6 Å². The Morgan fingerprint density at radius 1 is 1.19 bits per heavy atom. The third kappa shape index (κ3) is 4.54. The molecule has 36 heavy (non-hydrogen) atoms. The fourth-order valence-electron chi connectivity index (χ4n) is 6.59. The minimum absolute atomic E-state index is 0.0138. The van der Waals surface area contributed by atoms with Crippen LogP contribution in [0.2, 0.25) is 0 Å². The molecule has 3 saturated heterocycles. The molecule has 3 aliphatic heterocycles. The Morgan fingerprint density at radius 3 is 2.56 bits per heavy atom. The third-order valence-corrected chi connectivity index (χ3v) is 8.55. The van der Waals surface area contributed by atoms with Gasteiger partial charge in [-0.15, -0.1) is 0 Å². The zero-order chi connectivity index (χ0) is 26.0. The van der Waals surface area contributed by atoms with Gasteiger partial charge in [-0.25, -0.2) is 0 Å². The molecule has 3 unspecified atom stereocenters. The van der Waals surface area contributed by atoms with E-state index in [1.54, 1.807) is 4.90 Å². The summed E-state index contributed by atoms with van der Waals surface area (Å²) in [5.74, 6) is -2.12. The first-order valence-electron chi connectivity index (χ1n) is 13.5. The lowest BCUT2D eigenvalue weighted by molar-refractivity contribution is -0.147. The molecular formula is C28H41N3O5. The van der Waals surface area contributed by atoms with Crippen LogP contribution in [0.25, 0.3) is 0 Å². The second-order valence-electron chi connectivity index (χ2n) is 10.8. The number of hydrogen-bond acceptors (Lipinski definition) is 5. The Balaban J connectivity index is 1.65. The number of amides is 3. The topological polar surface area (TPSA) is 108 Å². The van der Waals surface area contributed by atoms with Gasteiger partial charge in [0.05, 0.1) is 30.6 Å². The second kappa shape index (κ2) is 10.9. The fraction of sp³-hybridized carbons (Fsp3) is 0.679. The first-order chi connectivity index (χ1) is 17.3. The third-order valence-electron chi connectivity index (χ3n) is 8.55. The van der Waals surface area contributed by atoms with E-state index in [0.717, 1.165) is 24.8 Å². The van der Waals surface area contributed by atoms with E-state index in [-0.39, 0.29) is 36.3 Å². The van der Waals surface area contributed by atoms with E-state index >= 15 is 0 Å². The summed E-state index contributed by atoms with van der Waals surface area (Å²) in [5.41, 5.74) is -0.0729. The molecule has 0 saturated carbocycles. The Kier molecular flexibility index (Phi) is 8.05. The van der Waals surface area contributed by atoms with Crippen molar-refractivity contribution in [3.8, 4) is 0 Å². The molecular weight excluding hydrogens is 458 g/mol. The largest absolute Gasteiger partial charge is 0.394 e. The van der Waals surface area contributed by atoms with Gasteiger partial charge in [-0.3, -0.25) is 14.4 Å². The highest BCUT2D eigenvalue weighted by Gasteiger charge is 2.75. The number of hydrogen-bond donors (Lipinski definition) is 3. The number of likely N-dealkylation sites (tertiary alicyclic amines) is 1. The van der Waals surface area contributed by atoms with Crippen molar-refractivity contribution in [1.82, 2.24) is 15.5 Å². The monoisotopic (exact) mass is 499 g/mol. The van der Waals surface area contributed by atoms with Crippen LogP contribution in [0.15, 0.2) is 30.3 Å². The van der Waals surface area contributed by atoms with Crippen LogP contribution in [0, 0.1) is 17.8 Å². The van der Waals surface area contributed by atoms with Crippen molar-refractivity contribution in [1.29, 1.82) is 0 Å². The van der Waals surface area contributed by atoms with Crippen molar-refractivity contribution < 1.29 is 24.2 Å². The van der Waals surface area contributed by atoms with Crippen LogP contribution in [0.4, 0.5) is 0 Å². The molecule has 1 aromatic rings. The van der Waals surface area contributed by atoms with Gasteiger partial charge in [-0.2, -0.15) is 0 Å². The molecule has 3 heterocycles. The maximum absolute atomic E-state index is 14.1. The normalized spacial score (nSPS) is 31.1. The zero-order valence-corrected chi connectivity index (χ0v) is 21.9. The summed E-state index contributed by atoms with van der Waals surface area (Å²) in [7, 11) is 0. The highest BCUT2D eigenvalue weighted by atomic mass is 16.5. The number of nitrogens with zero attached hydrogens (tertiary/aromatic N) is 1. The first kappa shape index (κ1) is 26.6. The van der Waals surface area contributed by atoms with Crippen LogP contribution in [0.5, 0.6) is 0 Å². The molecule has 3 amide bonds. The van der Waals surface area contributed by atoms with Crippen molar-refractivity contribution in [2.75, 3.05) is 6.61 Å². The SMILES string of the molecule is CCCC(C)NC(=O)C1N([C@@H](CO)[C@@H](C)CC)C(=O)[C@@H]2[C@H](C(=O)NCc3ccccc3)[C@@H]3CCC12O3. The molecule has 3 fully saturated rings. The average Bonchev–Trinajstić information content (AvgIpc) is 3.51. The van der Waals surface area contributed by atoms with Gasteiger partial charge in [-0.1, -0.05) is 63.9 Å². The predicted molar refractivity (Wildman–Crippen MR) is 136 cm³/mol. The van der Waals surface area contributed by atoms with Gasteiger partial charge in [0.1, 0.15) is 11.6 Å². The predicted octanol–water partition coefficient (Wildman–Crippen LogP) is 2.39. The second-order valence-corrected chi connectivity index (χ2v) is 10.8. The molecule has 198 valence electrons. The Bertz CT molecular complexity index is 956. The molecule has 8 nitrogen and oxygen atoms in total. The number of aliphatic hydroxyl groups excluding tert-OH is 1. The summed E-state index contributed by atoms with van der Waals surface area (Å²) in [6, 6.07) is 8.22. The molecule has 8 atom stereocenters. The van der Waals surface area contributed by atoms with Gasteiger partial charge in [0, 0.05) is 12.6 Å². The Morgan fingerprint density at radius 2 is 1.92 bits per heavy atom. The molecule has 2 bridgehead atoms. The highest BCUT2D eigenvalue weighted by Crippen LogP contribution is 2.59. The molecule has 0 aliphatic carbocycles. The smallest absolute Gasteiger partial charge is 0.246 e. The number of rotatable bonds is 11. The Hall–Kier alpha value is -2.45. The van der Waals surface area contributed by atoms with Gasteiger partial charge in [-0.05, 0) is 37.7 Å². The van der Waals surface area contributed by atoms with Crippen LogP contribution in [0.1, 0.15) is 65.4 Å². The summed E-state index contributed by atoms with van der Waals surface area (Å²) in [4.78, 5) is 42.9. The number of carbonyl (C=O) groups is 3. The number of benzene rings is 1. The number of fused-ring (bicyclic) bond motifs is 1. The number of carbonyl (C=O) groups excluding carboxylic acids is 3. The molecule has 3 aliphatic rings. The van der Waals surface area contributed by atoms with E-state index < -0.39 is 35.6 Å². The van der Waals surface area contributed by atoms with Crippen LogP contribution >= 0.6 is 0 Å². The van der Waals surface area contributed by atoms with Crippen molar-refractivity contribution in [3.63, 3.8) is 0 Å². The van der Waals surface area contributed by atoms with E-state index in [4.69, 9.17) is 4.74 Å². The van der Waals surface area contributed by atoms with Crippen LogP contribution in [0.3, 0.4) is 0 Å². The van der Waals surface area contributed by atoms with E-state index in [0.29, 0.717) is 19.4 Å². The average molecular weight is 500 g/mol. The summed E-state index contributed by atoms with van der Waals surface area (Å²) >= 11 is 0. The molecule has 8 heteroatoms. The summed E-state index contributed by atoms with van der Waals surface area (Å²) < 4.78 is 6.49. The minimum Gasteiger partial charge on any atom is -0.394 e. The van der Waals surface area contributed by atoms with E-state index in [9.17, 15) is 19.5 Å². The van der Waals surface area contributed by atoms with Crippen LogP contribution < -0.4 is 10.6 Å². The number of aliphatic hydroxyl groups is 1. The van der Waals surface area contributed by atoms with Crippen molar-refractivity contribution in [3.05, 3.63) is 35.9 Å². The molecule has 3 N–H and O–H groups in total. The first-order valence-corrected chi connectivity index (χ1v) is 13.5. The molecule has 0 aromatic heterocycles. The summed E-state index contributed by atoms with van der Waals surface area (Å²) in [6.45, 7) is 8.14. The van der Waals surface area contributed by atoms with Crippen molar-refractivity contribution in [2.24, 2.45) is 17.8 Å². The lowest BCUT2D eigenvalue weighted by atomic mass is 9.70. The van der Waals surface area contributed by atoms with E-state index in [1.807, 2.05) is 51.1 Å². The molecule has 0 radical (unpaired) electrons.